The molecule has 0 saturated carbocycles. The fraction of sp³-hybridized carbons (Fsp3) is 0.345. The van der Waals surface area contributed by atoms with Gasteiger partial charge in [-0.05, 0) is 43.5 Å². The summed E-state index contributed by atoms with van der Waals surface area (Å²) in [5.74, 6) is 1.47. The van der Waals surface area contributed by atoms with Gasteiger partial charge in [-0.25, -0.2) is 9.78 Å². The number of aryl methyl sites for hydroxylation is 1. The Morgan fingerprint density at radius 1 is 1.13 bits per heavy atom. The molecule has 1 saturated heterocycles. The van der Waals surface area contributed by atoms with Crippen molar-refractivity contribution in [3.63, 3.8) is 0 Å². The van der Waals surface area contributed by atoms with Crippen LogP contribution in [-0.4, -0.2) is 39.6 Å². The molecule has 39 heavy (non-hydrogen) atoms. The third-order valence-corrected chi connectivity index (χ3v) is 7.29. The summed E-state index contributed by atoms with van der Waals surface area (Å²) in [6.07, 6.45) is 6.13. The standard InChI is InChI=1S/C29H32ClN5O4/c1-3-4-5-14-34-26(17-27(36)35-18-22(32-29(34)35)19-8-10-20(30)11-9-19)33-15-6-7-23(33)28(37)39-25-16-21(31)12-13-24(25)38-2/h8-13,16-18,23H,3-7,14-15,31H2,1-2H3/t23-/m0/s1. The molecule has 10 heteroatoms. The molecule has 1 aliphatic heterocycles. The zero-order valence-corrected chi connectivity index (χ0v) is 22.9. The molecule has 3 heterocycles. The van der Waals surface area contributed by atoms with Gasteiger partial charge in [0, 0.05) is 47.7 Å². The molecule has 2 N–H and O–H groups in total. The Bertz CT molecular complexity index is 1550. The molecule has 2 aromatic carbocycles. The maximum absolute atomic E-state index is 13.4. The fourth-order valence-electron chi connectivity index (χ4n) is 5.05. The SMILES string of the molecule is CCCCCn1c(N2CCC[C@H]2C(=O)Oc2cc(N)ccc2OC)cc(=O)n2cc(-c3ccc(Cl)cc3)nc12. The van der Waals surface area contributed by atoms with Crippen molar-refractivity contribution in [3.05, 3.63) is 70.1 Å². The number of rotatable bonds is 9. The number of nitrogens with zero attached hydrogens (tertiary/aromatic N) is 4. The van der Waals surface area contributed by atoms with Crippen LogP contribution in [-0.2, 0) is 11.3 Å². The number of hydrogen-bond acceptors (Lipinski definition) is 7. The summed E-state index contributed by atoms with van der Waals surface area (Å²) in [5.41, 5.74) is 7.71. The molecule has 1 atom stereocenters. The zero-order valence-electron chi connectivity index (χ0n) is 22.1. The monoisotopic (exact) mass is 549 g/mol. The highest BCUT2D eigenvalue weighted by atomic mass is 35.5. The lowest BCUT2D eigenvalue weighted by molar-refractivity contribution is -0.135. The first-order chi connectivity index (χ1) is 18.9. The second-order valence-corrected chi connectivity index (χ2v) is 10.1. The van der Waals surface area contributed by atoms with Crippen molar-refractivity contribution in [1.82, 2.24) is 14.0 Å². The quantitative estimate of drug-likeness (QED) is 0.133. The van der Waals surface area contributed by atoms with Gasteiger partial charge in [-0.1, -0.05) is 43.5 Å². The second-order valence-electron chi connectivity index (χ2n) is 9.69. The van der Waals surface area contributed by atoms with E-state index in [4.69, 9.17) is 31.8 Å². The van der Waals surface area contributed by atoms with E-state index in [1.807, 2.05) is 21.6 Å². The van der Waals surface area contributed by atoms with E-state index in [9.17, 15) is 9.59 Å². The highest BCUT2D eigenvalue weighted by Gasteiger charge is 2.35. The van der Waals surface area contributed by atoms with Gasteiger partial charge in [0.1, 0.15) is 11.9 Å². The highest BCUT2D eigenvalue weighted by molar-refractivity contribution is 6.30. The van der Waals surface area contributed by atoms with E-state index in [0.717, 1.165) is 31.2 Å². The lowest BCUT2D eigenvalue weighted by atomic mass is 10.2. The van der Waals surface area contributed by atoms with E-state index >= 15 is 0 Å². The smallest absolute Gasteiger partial charge is 0.334 e. The van der Waals surface area contributed by atoms with E-state index < -0.39 is 12.0 Å². The van der Waals surface area contributed by atoms with Crippen LogP contribution in [0.3, 0.4) is 0 Å². The molecule has 0 aliphatic carbocycles. The first-order valence-electron chi connectivity index (χ1n) is 13.2. The van der Waals surface area contributed by atoms with E-state index in [-0.39, 0.29) is 11.3 Å². The van der Waals surface area contributed by atoms with E-state index in [2.05, 4.69) is 6.92 Å². The van der Waals surface area contributed by atoms with Crippen LogP contribution in [0, 0.1) is 0 Å². The zero-order chi connectivity index (χ0) is 27.5. The Labute approximate surface area is 231 Å². The number of carbonyl (C=O) groups excluding carboxylic acids is 1. The highest BCUT2D eigenvalue weighted by Crippen LogP contribution is 2.32. The Morgan fingerprint density at radius 3 is 2.67 bits per heavy atom. The lowest BCUT2D eigenvalue weighted by Gasteiger charge is -2.28. The molecule has 2 aromatic heterocycles. The van der Waals surface area contributed by atoms with Gasteiger partial charge in [-0.2, -0.15) is 0 Å². The van der Waals surface area contributed by atoms with Crippen LogP contribution >= 0.6 is 11.6 Å². The summed E-state index contributed by atoms with van der Waals surface area (Å²) in [7, 11) is 1.51. The maximum atomic E-state index is 13.4. The van der Waals surface area contributed by atoms with Gasteiger partial charge in [0.15, 0.2) is 11.5 Å². The molecule has 4 aromatic rings. The van der Waals surface area contributed by atoms with Crippen molar-refractivity contribution in [2.24, 2.45) is 0 Å². The maximum Gasteiger partial charge on any atom is 0.334 e. The number of methoxy groups -OCH3 is 1. The molecule has 0 amide bonds. The normalized spacial score (nSPS) is 15.2. The molecular formula is C29H32ClN5O4. The molecule has 204 valence electrons. The number of unbranched alkanes of at least 4 members (excludes halogenated alkanes) is 2. The number of ether oxygens (including phenoxy) is 2. The number of benzene rings is 2. The van der Waals surface area contributed by atoms with Crippen LogP contribution < -0.4 is 25.7 Å². The average molecular weight is 550 g/mol. The minimum Gasteiger partial charge on any atom is -0.493 e. The molecular weight excluding hydrogens is 518 g/mol. The number of fused-ring (bicyclic) bond motifs is 1. The predicted molar refractivity (Wildman–Crippen MR) is 153 cm³/mol. The number of aromatic nitrogens is 3. The molecule has 5 rings (SSSR count). The number of carbonyl (C=O) groups is 1. The summed E-state index contributed by atoms with van der Waals surface area (Å²) in [5, 5.41) is 0.631. The number of nitrogen functional groups attached to an aromatic ring is 1. The third kappa shape index (κ3) is 5.45. The van der Waals surface area contributed by atoms with Gasteiger partial charge < -0.3 is 20.1 Å². The number of halogens is 1. The van der Waals surface area contributed by atoms with Gasteiger partial charge in [-0.15, -0.1) is 0 Å². The number of hydrogen-bond donors (Lipinski definition) is 1. The molecule has 0 spiro atoms. The molecule has 1 aliphatic rings. The van der Waals surface area contributed by atoms with Crippen molar-refractivity contribution in [1.29, 1.82) is 0 Å². The fourth-order valence-corrected chi connectivity index (χ4v) is 5.18. The summed E-state index contributed by atoms with van der Waals surface area (Å²) in [6.45, 7) is 3.42. The summed E-state index contributed by atoms with van der Waals surface area (Å²) >= 11 is 6.07. The van der Waals surface area contributed by atoms with Gasteiger partial charge >= 0.3 is 5.97 Å². The summed E-state index contributed by atoms with van der Waals surface area (Å²) in [4.78, 5) is 33.6. The van der Waals surface area contributed by atoms with Crippen molar-refractivity contribution in [3.8, 4) is 22.8 Å². The van der Waals surface area contributed by atoms with Crippen molar-refractivity contribution in [2.45, 2.75) is 51.6 Å². The minimum atomic E-state index is -0.568. The Hall–Kier alpha value is -3.98. The molecule has 1 fully saturated rings. The van der Waals surface area contributed by atoms with Crippen LogP contribution in [0.1, 0.15) is 39.0 Å². The average Bonchev–Trinajstić information content (AvgIpc) is 3.59. The van der Waals surface area contributed by atoms with Crippen molar-refractivity contribution >= 4 is 34.9 Å². The van der Waals surface area contributed by atoms with Gasteiger partial charge in [0.25, 0.3) is 5.56 Å². The van der Waals surface area contributed by atoms with Crippen LogP contribution in [0.15, 0.2) is 59.5 Å². The summed E-state index contributed by atoms with van der Waals surface area (Å²) < 4.78 is 14.7. The van der Waals surface area contributed by atoms with Crippen LogP contribution in [0.25, 0.3) is 17.0 Å². The third-order valence-electron chi connectivity index (χ3n) is 7.04. The van der Waals surface area contributed by atoms with Gasteiger partial charge in [-0.3, -0.25) is 13.8 Å². The van der Waals surface area contributed by atoms with E-state index in [1.54, 1.807) is 47.0 Å². The van der Waals surface area contributed by atoms with Crippen LogP contribution in [0.4, 0.5) is 11.5 Å². The largest absolute Gasteiger partial charge is 0.493 e. The topological polar surface area (TPSA) is 104 Å². The number of esters is 1. The van der Waals surface area contributed by atoms with Crippen LogP contribution in [0.2, 0.25) is 5.02 Å². The number of imidazole rings is 1. The van der Waals surface area contributed by atoms with Crippen molar-refractivity contribution in [2.75, 3.05) is 24.3 Å². The predicted octanol–water partition coefficient (Wildman–Crippen LogP) is 5.17. The lowest BCUT2D eigenvalue weighted by Crippen LogP contribution is -2.41. The molecule has 0 unspecified atom stereocenters. The minimum absolute atomic E-state index is 0.212. The molecule has 9 nitrogen and oxygen atoms in total. The Morgan fingerprint density at radius 2 is 1.92 bits per heavy atom. The first kappa shape index (κ1) is 26.6. The Balaban J connectivity index is 1.54. The van der Waals surface area contributed by atoms with E-state index in [0.29, 0.717) is 53.3 Å². The number of anilines is 2. The first-order valence-corrected chi connectivity index (χ1v) is 13.6. The van der Waals surface area contributed by atoms with Crippen molar-refractivity contribution < 1.29 is 14.3 Å². The van der Waals surface area contributed by atoms with E-state index in [1.165, 1.54) is 7.11 Å². The molecule has 0 radical (unpaired) electrons. The number of nitrogens with two attached hydrogens (primary N) is 1. The molecule has 0 bridgehead atoms. The summed E-state index contributed by atoms with van der Waals surface area (Å²) in [6, 6.07) is 13.3. The van der Waals surface area contributed by atoms with Gasteiger partial charge in [0.2, 0.25) is 5.78 Å². The van der Waals surface area contributed by atoms with Gasteiger partial charge in [0.05, 0.1) is 12.8 Å². The van der Waals surface area contributed by atoms with Crippen LogP contribution in [0.5, 0.6) is 11.5 Å². The Kier molecular flexibility index (Phi) is 7.79. The second kappa shape index (κ2) is 11.4.